The summed E-state index contributed by atoms with van der Waals surface area (Å²) in [5, 5.41) is 7.42. The van der Waals surface area contributed by atoms with Crippen molar-refractivity contribution in [3.8, 4) is 11.3 Å². The van der Waals surface area contributed by atoms with E-state index in [1.807, 2.05) is 35.2 Å². The molecule has 1 aromatic heterocycles. The molecule has 2 saturated carbocycles. The lowest BCUT2D eigenvalue weighted by Gasteiger charge is -2.33. The average molecular weight is 484 g/mol. The van der Waals surface area contributed by atoms with Gasteiger partial charge in [-0.15, -0.1) is 0 Å². The second kappa shape index (κ2) is 9.23. The molecule has 3 fully saturated rings. The molecule has 6 nitrogen and oxygen atoms in total. The molecule has 1 spiro atoms. The minimum absolute atomic E-state index is 0.0487. The molecule has 2 heterocycles. The molecule has 0 radical (unpaired) electrons. The lowest BCUT2D eigenvalue weighted by molar-refractivity contribution is -0.123. The van der Waals surface area contributed by atoms with Gasteiger partial charge >= 0.3 is 0 Å². The van der Waals surface area contributed by atoms with Gasteiger partial charge in [-0.05, 0) is 43.1 Å². The molecule has 1 atom stereocenters. The quantitative estimate of drug-likeness (QED) is 0.522. The first-order chi connectivity index (χ1) is 17.6. The normalized spacial score (nSPS) is 21.9. The number of nitrogens with one attached hydrogen (secondary N) is 1. The molecular weight excluding hydrogens is 450 g/mol. The predicted molar refractivity (Wildman–Crippen MR) is 137 cm³/mol. The van der Waals surface area contributed by atoms with Crippen molar-refractivity contribution in [1.82, 2.24) is 15.4 Å². The summed E-state index contributed by atoms with van der Waals surface area (Å²) >= 11 is 0. The van der Waals surface area contributed by atoms with Crippen LogP contribution in [0.4, 0.5) is 0 Å². The van der Waals surface area contributed by atoms with Crippen LogP contribution in [0, 0.1) is 11.3 Å². The SMILES string of the molecule is O=C(NCC1(c2ccccc2)CCCC1)[C@@H]1CC12CCN(C(=O)c1cc(-c3ccccc3)no1)CC2. The van der Waals surface area contributed by atoms with Crippen LogP contribution in [0.15, 0.2) is 71.3 Å². The fourth-order valence-electron chi connectivity index (χ4n) is 6.49. The van der Waals surface area contributed by atoms with Crippen LogP contribution in [-0.4, -0.2) is 41.5 Å². The Morgan fingerprint density at radius 2 is 1.61 bits per heavy atom. The van der Waals surface area contributed by atoms with E-state index in [9.17, 15) is 9.59 Å². The van der Waals surface area contributed by atoms with Gasteiger partial charge in [0.15, 0.2) is 0 Å². The zero-order chi connectivity index (χ0) is 24.6. The van der Waals surface area contributed by atoms with E-state index in [4.69, 9.17) is 4.52 Å². The highest BCUT2D eigenvalue weighted by Crippen LogP contribution is 2.59. The molecule has 6 heteroatoms. The highest BCUT2D eigenvalue weighted by molar-refractivity contribution is 5.92. The number of carbonyl (C=O) groups excluding carboxylic acids is 2. The van der Waals surface area contributed by atoms with Crippen molar-refractivity contribution in [2.45, 2.75) is 50.4 Å². The van der Waals surface area contributed by atoms with E-state index in [0.717, 1.165) is 44.2 Å². The second-order valence-corrected chi connectivity index (χ2v) is 10.9. The number of nitrogens with zero attached hydrogens (tertiary/aromatic N) is 2. The lowest BCUT2D eigenvalue weighted by atomic mass is 9.78. The first kappa shape index (κ1) is 23.0. The van der Waals surface area contributed by atoms with Gasteiger partial charge < -0.3 is 14.7 Å². The maximum atomic E-state index is 13.2. The number of likely N-dealkylation sites (tertiary alicyclic amines) is 1. The van der Waals surface area contributed by atoms with Gasteiger partial charge in [-0.3, -0.25) is 9.59 Å². The van der Waals surface area contributed by atoms with Crippen LogP contribution in [0.3, 0.4) is 0 Å². The summed E-state index contributed by atoms with van der Waals surface area (Å²) in [4.78, 5) is 28.0. The third-order valence-corrected chi connectivity index (χ3v) is 8.89. The van der Waals surface area contributed by atoms with Gasteiger partial charge in [0.05, 0.1) is 0 Å². The summed E-state index contributed by atoms with van der Waals surface area (Å²) in [6.07, 6.45) is 7.37. The molecule has 0 bridgehead atoms. The first-order valence-corrected chi connectivity index (χ1v) is 13.2. The number of piperidine rings is 1. The van der Waals surface area contributed by atoms with E-state index >= 15 is 0 Å². The van der Waals surface area contributed by atoms with E-state index in [1.54, 1.807) is 6.07 Å². The smallest absolute Gasteiger partial charge is 0.292 e. The minimum Gasteiger partial charge on any atom is -0.355 e. The van der Waals surface area contributed by atoms with Gasteiger partial charge in [0.2, 0.25) is 11.7 Å². The Labute approximate surface area is 212 Å². The molecule has 1 saturated heterocycles. The number of amides is 2. The van der Waals surface area contributed by atoms with Gasteiger partial charge in [-0.2, -0.15) is 0 Å². The summed E-state index contributed by atoms with van der Waals surface area (Å²) in [6, 6.07) is 22.1. The summed E-state index contributed by atoms with van der Waals surface area (Å²) < 4.78 is 5.38. The molecule has 186 valence electrons. The van der Waals surface area contributed by atoms with E-state index in [-0.39, 0.29) is 34.3 Å². The van der Waals surface area contributed by atoms with Crippen molar-refractivity contribution < 1.29 is 14.1 Å². The maximum absolute atomic E-state index is 13.2. The Kier molecular flexibility index (Phi) is 5.90. The molecule has 1 aliphatic heterocycles. The summed E-state index contributed by atoms with van der Waals surface area (Å²) in [5.41, 5.74) is 3.07. The van der Waals surface area contributed by atoms with Gasteiger partial charge in [0.1, 0.15) is 5.69 Å². The molecule has 3 aromatic rings. The Hall–Kier alpha value is -3.41. The molecular formula is C30H33N3O3. The van der Waals surface area contributed by atoms with Crippen molar-refractivity contribution in [3.05, 3.63) is 78.1 Å². The fourth-order valence-corrected chi connectivity index (χ4v) is 6.49. The summed E-state index contributed by atoms with van der Waals surface area (Å²) in [5.74, 6) is 0.420. The Bertz CT molecular complexity index is 1220. The Morgan fingerprint density at radius 3 is 2.31 bits per heavy atom. The minimum atomic E-state index is -0.118. The van der Waals surface area contributed by atoms with Crippen LogP contribution in [0.1, 0.15) is 61.1 Å². The van der Waals surface area contributed by atoms with Gasteiger partial charge in [-0.1, -0.05) is 78.7 Å². The second-order valence-electron chi connectivity index (χ2n) is 10.9. The monoisotopic (exact) mass is 483 g/mol. The van der Waals surface area contributed by atoms with Crippen molar-refractivity contribution >= 4 is 11.8 Å². The van der Waals surface area contributed by atoms with E-state index in [0.29, 0.717) is 18.8 Å². The Balaban J connectivity index is 1.03. The van der Waals surface area contributed by atoms with Crippen molar-refractivity contribution in [3.63, 3.8) is 0 Å². The van der Waals surface area contributed by atoms with Crippen LogP contribution in [0.2, 0.25) is 0 Å². The van der Waals surface area contributed by atoms with Crippen LogP contribution in [-0.2, 0) is 10.2 Å². The molecule has 3 aliphatic rings. The number of benzene rings is 2. The number of aromatic nitrogens is 1. The molecule has 2 aliphatic carbocycles. The van der Waals surface area contributed by atoms with E-state index in [2.05, 4.69) is 40.8 Å². The number of hydrogen-bond acceptors (Lipinski definition) is 4. The Morgan fingerprint density at radius 1 is 0.944 bits per heavy atom. The van der Waals surface area contributed by atoms with Crippen LogP contribution < -0.4 is 5.32 Å². The third kappa shape index (κ3) is 4.23. The molecule has 2 aromatic carbocycles. The zero-order valence-electron chi connectivity index (χ0n) is 20.6. The number of rotatable bonds is 6. The number of carbonyl (C=O) groups is 2. The highest BCUT2D eigenvalue weighted by Gasteiger charge is 2.59. The summed E-state index contributed by atoms with van der Waals surface area (Å²) in [7, 11) is 0. The van der Waals surface area contributed by atoms with Gasteiger partial charge in [0.25, 0.3) is 5.91 Å². The zero-order valence-corrected chi connectivity index (χ0v) is 20.6. The standard InChI is InChI=1S/C30H33N3O3/c34-27(31-21-30(13-7-8-14-30)23-11-5-2-6-12-23)24-20-29(24)15-17-33(18-16-29)28(35)26-19-25(32-36-26)22-9-3-1-4-10-22/h1-6,9-12,19,24H,7-8,13-18,20-21H2,(H,31,34)/t24-/m0/s1. The van der Waals surface area contributed by atoms with E-state index in [1.165, 1.54) is 18.4 Å². The molecule has 36 heavy (non-hydrogen) atoms. The molecule has 0 unspecified atom stereocenters. The molecule has 1 N–H and O–H groups in total. The summed E-state index contributed by atoms with van der Waals surface area (Å²) in [6.45, 7) is 2.03. The molecule has 6 rings (SSSR count). The van der Waals surface area contributed by atoms with Crippen molar-refractivity contribution in [1.29, 1.82) is 0 Å². The number of hydrogen-bond donors (Lipinski definition) is 1. The van der Waals surface area contributed by atoms with Gasteiger partial charge in [-0.25, -0.2) is 0 Å². The van der Waals surface area contributed by atoms with Gasteiger partial charge in [0, 0.05) is 42.6 Å². The molecule has 2 amide bonds. The topological polar surface area (TPSA) is 75.4 Å². The highest BCUT2D eigenvalue weighted by atomic mass is 16.5. The van der Waals surface area contributed by atoms with Crippen molar-refractivity contribution in [2.75, 3.05) is 19.6 Å². The average Bonchev–Trinajstić information content (AvgIpc) is 3.29. The van der Waals surface area contributed by atoms with Crippen LogP contribution in [0.5, 0.6) is 0 Å². The lowest BCUT2D eigenvalue weighted by Crippen LogP contribution is -2.42. The largest absolute Gasteiger partial charge is 0.355 e. The van der Waals surface area contributed by atoms with Crippen molar-refractivity contribution in [2.24, 2.45) is 11.3 Å². The third-order valence-electron chi connectivity index (χ3n) is 8.89. The maximum Gasteiger partial charge on any atom is 0.292 e. The van der Waals surface area contributed by atoms with Crippen LogP contribution >= 0.6 is 0 Å². The first-order valence-electron chi connectivity index (χ1n) is 13.2. The van der Waals surface area contributed by atoms with E-state index < -0.39 is 0 Å². The predicted octanol–water partition coefficient (Wildman–Crippen LogP) is 5.21. The fraction of sp³-hybridized carbons (Fsp3) is 0.433. The van der Waals surface area contributed by atoms with Crippen LogP contribution in [0.25, 0.3) is 11.3 Å².